The van der Waals surface area contributed by atoms with Crippen molar-refractivity contribution in [2.24, 2.45) is 5.73 Å². The van der Waals surface area contributed by atoms with Gasteiger partial charge in [0.05, 0.1) is 12.7 Å². The van der Waals surface area contributed by atoms with Gasteiger partial charge in [-0.25, -0.2) is 0 Å². The smallest absolute Gasteiger partial charge is 0.273 e. The fourth-order valence-corrected chi connectivity index (χ4v) is 3.13. The van der Waals surface area contributed by atoms with E-state index in [0.29, 0.717) is 18.8 Å². The number of benzene rings is 1. The van der Waals surface area contributed by atoms with Gasteiger partial charge in [0.15, 0.2) is 5.69 Å². The number of piperidine rings is 1. The van der Waals surface area contributed by atoms with Crippen molar-refractivity contribution in [1.82, 2.24) is 25.2 Å². The van der Waals surface area contributed by atoms with Gasteiger partial charge in [0, 0.05) is 25.7 Å². The van der Waals surface area contributed by atoms with Crippen molar-refractivity contribution >= 4 is 5.91 Å². The van der Waals surface area contributed by atoms with Gasteiger partial charge in [-0.3, -0.25) is 14.4 Å². The number of aromatic nitrogens is 3. The summed E-state index contributed by atoms with van der Waals surface area (Å²) >= 11 is 0. The van der Waals surface area contributed by atoms with Crippen LogP contribution in [-0.2, 0) is 13.1 Å². The number of nitrogens with zero attached hydrogens (tertiary/aromatic N) is 4. The molecule has 1 saturated heterocycles. The molecule has 1 aromatic heterocycles. The van der Waals surface area contributed by atoms with Crippen molar-refractivity contribution < 1.29 is 9.90 Å². The van der Waals surface area contributed by atoms with Crippen LogP contribution in [0.2, 0.25) is 0 Å². The lowest BCUT2D eigenvalue weighted by molar-refractivity contribution is 0.0895. The molecule has 0 saturated carbocycles. The Morgan fingerprint density at radius 3 is 3.12 bits per heavy atom. The predicted octanol–water partition coefficient (Wildman–Crippen LogP) is 0.337. The molecule has 1 amide bonds. The van der Waals surface area contributed by atoms with Crippen LogP contribution in [0.25, 0.3) is 0 Å². The Morgan fingerprint density at radius 1 is 1.44 bits per heavy atom. The zero-order valence-corrected chi connectivity index (χ0v) is 14.1. The summed E-state index contributed by atoms with van der Waals surface area (Å²) in [6.07, 6.45) is 3.58. The maximum atomic E-state index is 12.3. The monoisotopic (exact) mass is 344 g/mol. The van der Waals surface area contributed by atoms with E-state index in [1.165, 1.54) is 0 Å². The number of rotatable bonds is 6. The predicted molar refractivity (Wildman–Crippen MR) is 92.9 cm³/mol. The minimum Gasteiger partial charge on any atom is -0.508 e. The van der Waals surface area contributed by atoms with E-state index in [4.69, 9.17) is 5.73 Å². The first-order chi connectivity index (χ1) is 12.1. The standard InChI is InChI=1S/C17H24N6O2/c18-6-8-23-12-16(20-21-23)17(25)19-14-4-2-7-22(11-14)10-13-3-1-5-15(24)9-13/h1,3,5,9,12,14,24H,2,4,6-8,10-11,18H2,(H,19,25)/t14-/m1/s1. The Balaban J connectivity index is 1.54. The van der Waals surface area contributed by atoms with Crippen molar-refractivity contribution in [1.29, 1.82) is 0 Å². The van der Waals surface area contributed by atoms with Gasteiger partial charge in [-0.1, -0.05) is 17.3 Å². The Kier molecular flexibility index (Phi) is 5.62. The highest BCUT2D eigenvalue weighted by atomic mass is 16.3. The van der Waals surface area contributed by atoms with Crippen molar-refractivity contribution in [3.8, 4) is 5.75 Å². The molecule has 1 fully saturated rings. The van der Waals surface area contributed by atoms with E-state index in [1.54, 1.807) is 23.0 Å². The zero-order valence-electron chi connectivity index (χ0n) is 14.1. The number of nitrogens with one attached hydrogen (secondary N) is 1. The number of phenolic OH excluding ortho intramolecular Hbond substituents is 1. The molecule has 3 rings (SSSR count). The summed E-state index contributed by atoms with van der Waals surface area (Å²) in [6, 6.07) is 7.37. The highest BCUT2D eigenvalue weighted by Gasteiger charge is 2.23. The molecule has 2 aromatic rings. The van der Waals surface area contributed by atoms with E-state index in [9.17, 15) is 9.90 Å². The lowest BCUT2D eigenvalue weighted by Gasteiger charge is -2.33. The molecule has 134 valence electrons. The van der Waals surface area contributed by atoms with E-state index in [0.717, 1.165) is 38.0 Å². The van der Waals surface area contributed by atoms with Gasteiger partial charge in [-0.2, -0.15) is 0 Å². The third-order valence-electron chi connectivity index (χ3n) is 4.29. The molecule has 0 radical (unpaired) electrons. The number of aromatic hydroxyl groups is 1. The molecule has 0 spiro atoms. The normalized spacial score (nSPS) is 18.2. The van der Waals surface area contributed by atoms with E-state index in [2.05, 4.69) is 20.5 Å². The highest BCUT2D eigenvalue weighted by Crippen LogP contribution is 2.17. The first-order valence-electron chi connectivity index (χ1n) is 8.55. The number of carbonyl (C=O) groups is 1. The molecule has 0 aliphatic carbocycles. The third kappa shape index (κ3) is 4.77. The number of likely N-dealkylation sites (tertiary alicyclic amines) is 1. The summed E-state index contributed by atoms with van der Waals surface area (Å²) in [4.78, 5) is 14.6. The maximum Gasteiger partial charge on any atom is 0.273 e. The molecule has 8 heteroatoms. The minimum absolute atomic E-state index is 0.0817. The van der Waals surface area contributed by atoms with Gasteiger partial charge in [0.1, 0.15) is 5.75 Å². The minimum atomic E-state index is -0.201. The zero-order chi connectivity index (χ0) is 17.6. The van der Waals surface area contributed by atoms with E-state index < -0.39 is 0 Å². The lowest BCUT2D eigenvalue weighted by Crippen LogP contribution is -2.47. The Hall–Kier alpha value is -2.45. The van der Waals surface area contributed by atoms with Crippen LogP contribution in [-0.4, -0.2) is 56.6 Å². The van der Waals surface area contributed by atoms with Crippen molar-refractivity contribution in [3.05, 3.63) is 41.7 Å². The molecule has 1 atom stereocenters. The summed E-state index contributed by atoms with van der Waals surface area (Å²) in [6.45, 7) is 3.51. The molecule has 4 N–H and O–H groups in total. The first kappa shape index (κ1) is 17.4. The Morgan fingerprint density at radius 2 is 2.32 bits per heavy atom. The topological polar surface area (TPSA) is 109 Å². The van der Waals surface area contributed by atoms with Gasteiger partial charge in [-0.05, 0) is 37.1 Å². The van der Waals surface area contributed by atoms with Gasteiger partial charge >= 0.3 is 0 Å². The van der Waals surface area contributed by atoms with Crippen molar-refractivity contribution in [2.75, 3.05) is 19.6 Å². The summed E-state index contributed by atoms with van der Waals surface area (Å²) in [7, 11) is 0. The van der Waals surface area contributed by atoms with Gasteiger partial charge < -0.3 is 16.2 Å². The number of nitrogens with two attached hydrogens (primary N) is 1. The van der Waals surface area contributed by atoms with Crippen LogP contribution in [0.1, 0.15) is 28.9 Å². The van der Waals surface area contributed by atoms with Crippen LogP contribution in [0.3, 0.4) is 0 Å². The lowest BCUT2D eigenvalue weighted by atomic mass is 10.0. The molecular weight excluding hydrogens is 320 g/mol. The fourth-order valence-electron chi connectivity index (χ4n) is 3.13. The number of carbonyl (C=O) groups excluding carboxylic acids is 1. The SMILES string of the molecule is NCCn1cc(C(=O)N[C@@H]2CCCN(Cc3cccc(O)c3)C2)nn1. The fraction of sp³-hybridized carbons (Fsp3) is 0.471. The van der Waals surface area contributed by atoms with E-state index in [1.807, 2.05) is 12.1 Å². The molecule has 1 aromatic carbocycles. The quantitative estimate of drug-likeness (QED) is 0.697. The largest absolute Gasteiger partial charge is 0.508 e. The Bertz CT molecular complexity index is 717. The van der Waals surface area contributed by atoms with Gasteiger partial charge in [0.25, 0.3) is 5.91 Å². The average Bonchev–Trinajstić information content (AvgIpc) is 3.04. The van der Waals surface area contributed by atoms with Crippen LogP contribution in [0.5, 0.6) is 5.75 Å². The van der Waals surface area contributed by atoms with Gasteiger partial charge in [0.2, 0.25) is 0 Å². The summed E-state index contributed by atoms with van der Waals surface area (Å²) in [5, 5.41) is 20.4. The van der Waals surface area contributed by atoms with Crippen LogP contribution >= 0.6 is 0 Å². The molecule has 2 heterocycles. The van der Waals surface area contributed by atoms with Crippen LogP contribution in [0.4, 0.5) is 0 Å². The number of amides is 1. The number of hydrogen-bond donors (Lipinski definition) is 3. The number of hydrogen-bond acceptors (Lipinski definition) is 6. The van der Waals surface area contributed by atoms with Crippen LogP contribution in [0.15, 0.2) is 30.5 Å². The molecule has 1 aliphatic heterocycles. The van der Waals surface area contributed by atoms with Crippen molar-refractivity contribution in [2.45, 2.75) is 32.0 Å². The molecule has 1 aliphatic rings. The Labute approximate surface area is 146 Å². The van der Waals surface area contributed by atoms with Crippen LogP contribution in [0, 0.1) is 0 Å². The second-order valence-electron chi connectivity index (χ2n) is 6.37. The van der Waals surface area contributed by atoms with Crippen molar-refractivity contribution in [3.63, 3.8) is 0 Å². The molecule has 25 heavy (non-hydrogen) atoms. The molecule has 8 nitrogen and oxygen atoms in total. The highest BCUT2D eigenvalue weighted by molar-refractivity contribution is 5.92. The molecule has 0 unspecified atom stereocenters. The second kappa shape index (κ2) is 8.09. The summed E-state index contributed by atoms with van der Waals surface area (Å²) in [5.74, 6) is 0.0763. The summed E-state index contributed by atoms with van der Waals surface area (Å²) in [5.41, 5.74) is 6.86. The molecule has 0 bridgehead atoms. The average molecular weight is 344 g/mol. The van der Waals surface area contributed by atoms with Crippen LogP contribution < -0.4 is 11.1 Å². The van der Waals surface area contributed by atoms with Gasteiger partial charge in [-0.15, -0.1) is 5.10 Å². The van der Waals surface area contributed by atoms with E-state index in [-0.39, 0.29) is 17.7 Å². The number of phenols is 1. The van der Waals surface area contributed by atoms with E-state index >= 15 is 0 Å². The third-order valence-corrected chi connectivity index (χ3v) is 4.29. The maximum absolute atomic E-state index is 12.3. The first-order valence-corrected chi connectivity index (χ1v) is 8.55. The summed E-state index contributed by atoms with van der Waals surface area (Å²) < 4.78 is 1.57. The molecular formula is C17H24N6O2. The second-order valence-corrected chi connectivity index (χ2v) is 6.37.